The first-order valence-electron chi connectivity index (χ1n) is 5.48. The molecule has 0 unspecified atom stereocenters. The molecular weight excluding hydrogens is 208 g/mol. The fourth-order valence-corrected chi connectivity index (χ4v) is 2.61. The van der Waals surface area contributed by atoms with Gasteiger partial charge in [-0.05, 0) is 31.6 Å². The van der Waals surface area contributed by atoms with Crippen LogP contribution in [0, 0.1) is 5.92 Å². The van der Waals surface area contributed by atoms with Crippen molar-refractivity contribution in [3.63, 3.8) is 0 Å². The molecule has 0 saturated heterocycles. The molecule has 0 amide bonds. The van der Waals surface area contributed by atoms with Crippen LogP contribution in [-0.2, 0) is 0 Å². The van der Waals surface area contributed by atoms with Gasteiger partial charge in [-0.1, -0.05) is 6.92 Å². The van der Waals surface area contributed by atoms with Gasteiger partial charge in [0.05, 0.1) is 11.0 Å². The van der Waals surface area contributed by atoms with E-state index in [4.69, 9.17) is 4.74 Å². The molecule has 2 rings (SSSR count). The molecule has 0 atom stereocenters. The zero-order valence-corrected chi connectivity index (χ0v) is 9.76. The molecular formula is C12H16O2S. The van der Waals surface area contributed by atoms with Crippen LogP contribution in [0.4, 0.5) is 0 Å². The molecule has 1 aromatic rings. The summed E-state index contributed by atoms with van der Waals surface area (Å²) in [5.41, 5.74) is 0. The summed E-state index contributed by atoms with van der Waals surface area (Å²) in [4.78, 5) is 11.3. The average molecular weight is 224 g/mol. The maximum Gasteiger partial charge on any atom is 0.160 e. The fourth-order valence-electron chi connectivity index (χ4n) is 2.00. The van der Waals surface area contributed by atoms with Gasteiger partial charge < -0.3 is 4.74 Å². The topological polar surface area (TPSA) is 26.3 Å². The Labute approximate surface area is 94.3 Å². The lowest BCUT2D eigenvalue weighted by Gasteiger charge is -2.26. The molecule has 15 heavy (non-hydrogen) atoms. The van der Waals surface area contributed by atoms with E-state index in [0.717, 1.165) is 35.7 Å². The monoisotopic (exact) mass is 224 g/mol. The van der Waals surface area contributed by atoms with Crippen molar-refractivity contribution >= 4 is 17.6 Å². The van der Waals surface area contributed by atoms with Crippen molar-refractivity contribution in [3.8, 4) is 5.75 Å². The van der Waals surface area contributed by atoms with E-state index in [1.54, 1.807) is 0 Å². The van der Waals surface area contributed by atoms with Crippen LogP contribution in [0.1, 0.15) is 42.3 Å². The molecule has 0 bridgehead atoms. The van der Waals surface area contributed by atoms with Crippen LogP contribution in [0.15, 0.2) is 11.4 Å². The number of carbonyl (C=O) groups is 1. The molecule has 1 heterocycles. The predicted molar refractivity (Wildman–Crippen MR) is 61.8 cm³/mol. The lowest BCUT2D eigenvalue weighted by Crippen LogP contribution is -2.22. The lowest BCUT2D eigenvalue weighted by molar-refractivity contribution is 0.112. The summed E-state index contributed by atoms with van der Waals surface area (Å²) in [6, 6.07) is 1.83. The molecule has 0 aromatic carbocycles. The maximum absolute atomic E-state index is 10.5. The maximum atomic E-state index is 10.5. The Bertz CT molecular complexity index is 324. The van der Waals surface area contributed by atoms with E-state index in [9.17, 15) is 4.79 Å². The van der Waals surface area contributed by atoms with Gasteiger partial charge in [0.15, 0.2) is 6.29 Å². The van der Waals surface area contributed by atoms with Crippen LogP contribution in [0.5, 0.6) is 5.75 Å². The number of rotatable bonds is 3. The standard InChI is InChI=1S/C12H16O2S/c1-9-2-4-10(5-3-9)14-11-6-12(7-13)15-8-11/h6-10H,2-5H2,1H3. The highest BCUT2D eigenvalue weighted by molar-refractivity contribution is 7.11. The van der Waals surface area contributed by atoms with Gasteiger partial charge in [0.1, 0.15) is 5.75 Å². The van der Waals surface area contributed by atoms with Gasteiger partial charge in [-0.3, -0.25) is 4.79 Å². The summed E-state index contributed by atoms with van der Waals surface area (Å²) in [5, 5.41) is 1.92. The number of thiophene rings is 1. The molecule has 82 valence electrons. The zero-order valence-electron chi connectivity index (χ0n) is 8.94. The van der Waals surface area contributed by atoms with Crippen LogP contribution in [0.2, 0.25) is 0 Å². The fraction of sp³-hybridized carbons (Fsp3) is 0.583. The van der Waals surface area contributed by atoms with Crippen molar-refractivity contribution in [1.82, 2.24) is 0 Å². The largest absolute Gasteiger partial charge is 0.490 e. The molecule has 1 saturated carbocycles. The van der Waals surface area contributed by atoms with E-state index in [2.05, 4.69) is 6.92 Å². The quantitative estimate of drug-likeness (QED) is 0.734. The minimum Gasteiger partial charge on any atom is -0.490 e. The van der Waals surface area contributed by atoms with Crippen molar-refractivity contribution in [2.45, 2.75) is 38.7 Å². The van der Waals surface area contributed by atoms with Crippen molar-refractivity contribution in [3.05, 3.63) is 16.3 Å². The molecule has 1 aliphatic rings. The number of aldehydes is 1. The van der Waals surface area contributed by atoms with Crippen molar-refractivity contribution in [1.29, 1.82) is 0 Å². The molecule has 1 aromatic heterocycles. The SMILES string of the molecule is CC1CCC(Oc2csc(C=O)c2)CC1. The van der Waals surface area contributed by atoms with Crippen LogP contribution in [0.3, 0.4) is 0 Å². The Kier molecular flexibility index (Phi) is 3.41. The summed E-state index contributed by atoms with van der Waals surface area (Å²) < 4.78 is 5.84. The third-order valence-corrected chi connectivity index (χ3v) is 3.81. The van der Waals surface area contributed by atoms with E-state index in [-0.39, 0.29) is 0 Å². The summed E-state index contributed by atoms with van der Waals surface area (Å²) in [6.07, 6.45) is 6.04. The first-order chi connectivity index (χ1) is 7.28. The van der Waals surface area contributed by atoms with Crippen molar-refractivity contribution in [2.75, 3.05) is 0 Å². The van der Waals surface area contributed by atoms with Crippen molar-refractivity contribution < 1.29 is 9.53 Å². The predicted octanol–water partition coefficient (Wildman–Crippen LogP) is 3.52. The van der Waals surface area contributed by atoms with Crippen LogP contribution >= 0.6 is 11.3 Å². The van der Waals surface area contributed by atoms with Crippen molar-refractivity contribution in [2.24, 2.45) is 5.92 Å². The molecule has 0 N–H and O–H groups in total. The van der Waals surface area contributed by atoms with Crippen LogP contribution in [-0.4, -0.2) is 12.4 Å². The Morgan fingerprint density at radius 2 is 2.13 bits per heavy atom. The normalized spacial score (nSPS) is 26.2. The summed E-state index contributed by atoms with van der Waals surface area (Å²) in [7, 11) is 0. The second-order valence-corrected chi connectivity index (χ2v) is 5.25. The first-order valence-corrected chi connectivity index (χ1v) is 6.36. The molecule has 3 heteroatoms. The minimum atomic E-state index is 0.357. The van der Waals surface area contributed by atoms with Gasteiger partial charge in [-0.2, -0.15) is 0 Å². The van der Waals surface area contributed by atoms with Crippen LogP contribution in [0.25, 0.3) is 0 Å². The average Bonchev–Trinajstić information content (AvgIpc) is 2.69. The number of hydrogen-bond acceptors (Lipinski definition) is 3. The van der Waals surface area contributed by atoms with Gasteiger partial charge in [0.2, 0.25) is 0 Å². The summed E-state index contributed by atoms with van der Waals surface area (Å²) in [5.74, 6) is 1.71. The number of ether oxygens (including phenoxy) is 1. The third kappa shape index (κ3) is 2.81. The van der Waals surface area contributed by atoms with E-state index < -0.39 is 0 Å². The van der Waals surface area contributed by atoms with Gasteiger partial charge >= 0.3 is 0 Å². The van der Waals surface area contributed by atoms with Gasteiger partial charge in [0, 0.05) is 11.4 Å². The van der Waals surface area contributed by atoms with E-state index in [0.29, 0.717) is 6.10 Å². The van der Waals surface area contributed by atoms with Gasteiger partial charge in [-0.25, -0.2) is 0 Å². The second-order valence-electron chi connectivity index (χ2n) is 4.30. The zero-order chi connectivity index (χ0) is 10.7. The smallest absolute Gasteiger partial charge is 0.160 e. The first kappa shape index (κ1) is 10.7. The second kappa shape index (κ2) is 4.79. The van der Waals surface area contributed by atoms with Gasteiger partial charge in [-0.15, -0.1) is 11.3 Å². The summed E-state index contributed by atoms with van der Waals surface area (Å²) in [6.45, 7) is 2.30. The molecule has 0 spiro atoms. The van der Waals surface area contributed by atoms with E-state index >= 15 is 0 Å². The molecule has 1 aliphatic carbocycles. The van der Waals surface area contributed by atoms with Crippen LogP contribution < -0.4 is 4.74 Å². The molecule has 0 radical (unpaired) electrons. The highest BCUT2D eigenvalue weighted by Crippen LogP contribution is 2.28. The molecule has 1 fully saturated rings. The molecule has 2 nitrogen and oxygen atoms in total. The molecule has 0 aliphatic heterocycles. The Morgan fingerprint density at radius 3 is 2.73 bits per heavy atom. The number of carbonyl (C=O) groups excluding carboxylic acids is 1. The van der Waals surface area contributed by atoms with Gasteiger partial charge in [0.25, 0.3) is 0 Å². The number of hydrogen-bond donors (Lipinski definition) is 0. The van der Waals surface area contributed by atoms with E-state index in [1.165, 1.54) is 24.2 Å². The minimum absolute atomic E-state index is 0.357. The lowest BCUT2D eigenvalue weighted by atomic mass is 9.89. The third-order valence-electron chi connectivity index (χ3n) is 2.98. The Balaban J connectivity index is 1.88. The summed E-state index contributed by atoms with van der Waals surface area (Å²) >= 11 is 1.45. The Hall–Kier alpha value is -0.830. The Morgan fingerprint density at radius 1 is 1.40 bits per heavy atom. The highest BCUT2D eigenvalue weighted by atomic mass is 32.1. The van der Waals surface area contributed by atoms with E-state index in [1.807, 2.05) is 11.4 Å². The highest BCUT2D eigenvalue weighted by Gasteiger charge is 2.19.